The molecule has 0 radical (unpaired) electrons. The summed E-state index contributed by atoms with van der Waals surface area (Å²) in [6.07, 6.45) is 4.31. The molecule has 1 aliphatic carbocycles. The number of aryl methyl sites for hydroxylation is 2. The van der Waals surface area contributed by atoms with Gasteiger partial charge in [0.15, 0.2) is 0 Å². The summed E-state index contributed by atoms with van der Waals surface area (Å²) in [5, 5.41) is 11.6. The van der Waals surface area contributed by atoms with Gasteiger partial charge < -0.3 is 16.4 Å². The van der Waals surface area contributed by atoms with Crippen molar-refractivity contribution < 1.29 is 0 Å². The fourth-order valence-electron chi connectivity index (χ4n) is 3.70. The summed E-state index contributed by atoms with van der Waals surface area (Å²) < 4.78 is 2.14. The lowest BCUT2D eigenvalue weighted by atomic mass is 10.1. The van der Waals surface area contributed by atoms with Crippen molar-refractivity contribution >= 4 is 36.6 Å². The van der Waals surface area contributed by atoms with E-state index in [2.05, 4.69) is 43.4 Å². The molecule has 1 fully saturated rings. The summed E-state index contributed by atoms with van der Waals surface area (Å²) >= 11 is 0. The van der Waals surface area contributed by atoms with Gasteiger partial charge in [0.05, 0.1) is 11.4 Å². The molecule has 7 nitrogen and oxygen atoms in total. The van der Waals surface area contributed by atoms with Gasteiger partial charge in [-0.15, -0.1) is 24.8 Å². The maximum atomic E-state index is 5.94. The molecule has 1 aliphatic heterocycles. The van der Waals surface area contributed by atoms with Crippen LogP contribution in [0.3, 0.4) is 0 Å². The first-order valence-electron chi connectivity index (χ1n) is 9.16. The average Bonchev–Trinajstić information content (AvgIpc) is 3.30. The predicted molar refractivity (Wildman–Crippen MR) is 113 cm³/mol. The van der Waals surface area contributed by atoms with E-state index in [0.717, 1.165) is 56.2 Å². The monoisotopic (exact) mass is 413 g/mol. The maximum Gasteiger partial charge on any atom is 0.222 e. The molecule has 3 heterocycles. The molecule has 0 saturated heterocycles. The van der Waals surface area contributed by atoms with E-state index < -0.39 is 0 Å². The zero-order chi connectivity index (χ0) is 17.4. The number of anilines is 2. The second-order valence-corrected chi connectivity index (χ2v) is 7.54. The summed E-state index contributed by atoms with van der Waals surface area (Å²) in [6, 6.07) is 2.14. The number of hydrogen-bond donors (Lipinski definition) is 3. The summed E-state index contributed by atoms with van der Waals surface area (Å²) in [6.45, 7) is 7.96. The smallest absolute Gasteiger partial charge is 0.222 e. The van der Waals surface area contributed by atoms with Crippen molar-refractivity contribution in [3.05, 3.63) is 28.7 Å². The van der Waals surface area contributed by atoms with Gasteiger partial charge in [-0.3, -0.25) is 4.68 Å². The highest BCUT2D eigenvalue weighted by molar-refractivity contribution is 5.85. The standard InChI is InChI=1S/C18H27N7.2ClH/c1-12-9-13(2)25(24-12)11-18(5-6-18)10-21-16-14-3-7-20-8-4-15(14)22-17(19)23-16;;/h9,20H,3-8,10-11H2,1-2H3,(H3,19,21,22,23);2*1H. The lowest BCUT2D eigenvalue weighted by Crippen LogP contribution is -2.24. The van der Waals surface area contributed by atoms with Gasteiger partial charge in [-0.25, -0.2) is 4.98 Å². The van der Waals surface area contributed by atoms with Crippen molar-refractivity contribution in [1.29, 1.82) is 0 Å². The van der Waals surface area contributed by atoms with Crippen LogP contribution in [0.2, 0.25) is 0 Å². The summed E-state index contributed by atoms with van der Waals surface area (Å²) in [7, 11) is 0. The molecule has 1 saturated carbocycles. The highest BCUT2D eigenvalue weighted by Crippen LogP contribution is 2.47. The second kappa shape index (κ2) is 8.63. The van der Waals surface area contributed by atoms with Crippen LogP contribution in [-0.2, 0) is 19.4 Å². The molecule has 0 amide bonds. The molecule has 0 unspecified atom stereocenters. The Hall–Kier alpha value is -1.57. The molecule has 150 valence electrons. The van der Waals surface area contributed by atoms with Crippen LogP contribution >= 0.6 is 24.8 Å². The lowest BCUT2D eigenvalue weighted by Gasteiger charge is -2.19. The summed E-state index contributed by atoms with van der Waals surface area (Å²) in [4.78, 5) is 8.94. The van der Waals surface area contributed by atoms with Crippen LogP contribution in [0.5, 0.6) is 0 Å². The Morgan fingerprint density at radius 3 is 2.59 bits per heavy atom. The fourth-order valence-corrected chi connectivity index (χ4v) is 3.70. The largest absolute Gasteiger partial charge is 0.369 e. The minimum absolute atomic E-state index is 0. The molecule has 0 atom stereocenters. The van der Waals surface area contributed by atoms with Crippen molar-refractivity contribution in [2.75, 3.05) is 30.7 Å². The normalized spacial score (nSPS) is 17.1. The van der Waals surface area contributed by atoms with E-state index in [0.29, 0.717) is 5.95 Å². The van der Waals surface area contributed by atoms with Crippen molar-refractivity contribution in [1.82, 2.24) is 25.1 Å². The maximum absolute atomic E-state index is 5.94. The van der Waals surface area contributed by atoms with Gasteiger partial charge >= 0.3 is 0 Å². The molecule has 2 aliphatic rings. The van der Waals surface area contributed by atoms with E-state index in [1.54, 1.807) is 0 Å². The predicted octanol–water partition coefficient (Wildman–Crippen LogP) is 2.30. The number of aromatic nitrogens is 4. The minimum atomic E-state index is 0. The third-order valence-electron chi connectivity index (χ3n) is 5.38. The van der Waals surface area contributed by atoms with Gasteiger partial charge in [0.2, 0.25) is 5.95 Å². The van der Waals surface area contributed by atoms with Crippen LogP contribution in [0.25, 0.3) is 0 Å². The molecule has 0 spiro atoms. The molecule has 0 bridgehead atoms. The second-order valence-electron chi connectivity index (χ2n) is 7.54. The Morgan fingerprint density at radius 2 is 1.93 bits per heavy atom. The van der Waals surface area contributed by atoms with Gasteiger partial charge in [0.1, 0.15) is 5.82 Å². The van der Waals surface area contributed by atoms with Crippen LogP contribution in [-0.4, -0.2) is 39.4 Å². The molecule has 2 aromatic rings. The van der Waals surface area contributed by atoms with Crippen LogP contribution in [0, 0.1) is 19.3 Å². The number of rotatable bonds is 5. The summed E-state index contributed by atoms with van der Waals surface area (Å²) in [5.74, 6) is 1.29. The zero-order valence-corrected chi connectivity index (χ0v) is 17.5. The van der Waals surface area contributed by atoms with Crippen LogP contribution in [0.1, 0.15) is 35.5 Å². The lowest BCUT2D eigenvalue weighted by molar-refractivity contribution is 0.409. The van der Waals surface area contributed by atoms with Gasteiger partial charge in [-0.05, 0) is 45.7 Å². The summed E-state index contributed by atoms with van der Waals surface area (Å²) in [5.41, 5.74) is 10.8. The number of nitrogens with one attached hydrogen (secondary N) is 2. The SMILES string of the molecule is Cc1cc(C)n(CC2(CNc3nc(N)nc4c3CCNCC4)CC2)n1.Cl.Cl. The van der Waals surface area contributed by atoms with E-state index in [1.165, 1.54) is 24.1 Å². The highest BCUT2D eigenvalue weighted by Gasteiger charge is 2.43. The van der Waals surface area contributed by atoms with E-state index in [1.807, 2.05) is 6.92 Å². The van der Waals surface area contributed by atoms with Crippen molar-refractivity contribution in [3.8, 4) is 0 Å². The average molecular weight is 414 g/mol. The van der Waals surface area contributed by atoms with E-state index in [9.17, 15) is 0 Å². The molecule has 27 heavy (non-hydrogen) atoms. The first-order chi connectivity index (χ1) is 12.0. The van der Waals surface area contributed by atoms with E-state index in [-0.39, 0.29) is 30.2 Å². The topological polar surface area (TPSA) is 93.7 Å². The Labute approximate surface area is 172 Å². The van der Waals surface area contributed by atoms with Crippen LogP contribution < -0.4 is 16.4 Å². The Balaban J connectivity index is 0.00000131. The quantitative estimate of drug-likeness (QED) is 0.695. The Morgan fingerprint density at radius 1 is 1.19 bits per heavy atom. The number of nitrogens with two attached hydrogens (primary N) is 1. The molecule has 2 aromatic heterocycles. The molecule has 4 rings (SSSR count). The molecular weight excluding hydrogens is 385 g/mol. The van der Waals surface area contributed by atoms with E-state index >= 15 is 0 Å². The third-order valence-corrected chi connectivity index (χ3v) is 5.38. The van der Waals surface area contributed by atoms with Gasteiger partial charge in [-0.2, -0.15) is 10.1 Å². The number of nitrogens with zero attached hydrogens (tertiary/aromatic N) is 4. The van der Waals surface area contributed by atoms with E-state index in [4.69, 9.17) is 5.73 Å². The van der Waals surface area contributed by atoms with Crippen LogP contribution in [0.4, 0.5) is 11.8 Å². The zero-order valence-electron chi connectivity index (χ0n) is 15.9. The molecular formula is C18H29Cl2N7. The van der Waals surface area contributed by atoms with Gasteiger partial charge in [-0.1, -0.05) is 0 Å². The fraction of sp³-hybridized carbons (Fsp3) is 0.611. The minimum Gasteiger partial charge on any atom is -0.369 e. The first kappa shape index (κ1) is 21.7. The number of fused-ring (bicyclic) bond motifs is 1. The number of nitrogen functional groups attached to an aromatic ring is 1. The van der Waals surface area contributed by atoms with Crippen molar-refractivity contribution in [2.45, 2.75) is 46.1 Å². The highest BCUT2D eigenvalue weighted by atomic mass is 35.5. The van der Waals surface area contributed by atoms with Crippen molar-refractivity contribution in [2.24, 2.45) is 5.41 Å². The molecule has 0 aromatic carbocycles. The van der Waals surface area contributed by atoms with Gasteiger partial charge in [0, 0.05) is 42.7 Å². The van der Waals surface area contributed by atoms with Gasteiger partial charge in [0.25, 0.3) is 0 Å². The first-order valence-corrected chi connectivity index (χ1v) is 9.16. The molecule has 9 heteroatoms. The molecule has 4 N–H and O–H groups in total. The van der Waals surface area contributed by atoms with Crippen LogP contribution in [0.15, 0.2) is 6.07 Å². The van der Waals surface area contributed by atoms with Crippen molar-refractivity contribution in [3.63, 3.8) is 0 Å². The number of halogens is 2. The Bertz CT molecular complexity index is 786. The number of hydrogen-bond acceptors (Lipinski definition) is 6. The third kappa shape index (κ3) is 4.83. The Kier molecular flexibility index (Phi) is 6.94.